The molecule has 0 aliphatic heterocycles. The standard InChI is InChI=1S/C10H13F/c11-10-4-3-7(10)8-5-1-2-6(5)9(8)10/h5-9H,1-4H2. The first-order valence-corrected chi connectivity index (χ1v) is 5.01. The van der Waals surface area contributed by atoms with Crippen molar-refractivity contribution in [2.75, 3.05) is 0 Å². The van der Waals surface area contributed by atoms with E-state index in [9.17, 15) is 4.39 Å². The third-order valence-corrected chi connectivity index (χ3v) is 5.23. The Bertz CT molecular complexity index is 237. The van der Waals surface area contributed by atoms with Crippen LogP contribution in [0.4, 0.5) is 4.39 Å². The van der Waals surface area contributed by atoms with Crippen LogP contribution in [0.25, 0.3) is 0 Å². The Balaban J connectivity index is 1.72. The molecular weight excluding hydrogens is 139 g/mol. The fourth-order valence-corrected chi connectivity index (χ4v) is 4.50. The van der Waals surface area contributed by atoms with Crippen LogP contribution in [0.3, 0.4) is 0 Å². The maximum Gasteiger partial charge on any atom is 0.117 e. The monoisotopic (exact) mass is 152 g/mol. The summed E-state index contributed by atoms with van der Waals surface area (Å²) < 4.78 is 13.8. The quantitative estimate of drug-likeness (QED) is 0.500. The third kappa shape index (κ3) is 0.339. The Morgan fingerprint density at radius 3 is 2.36 bits per heavy atom. The zero-order valence-corrected chi connectivity index (χ0v) is 6.59. The van der Waals surface area contributed by atoms with Crippen molar-refractivity contribution in [3.8, 4) is 0 Å². The van der Waals surface area contributed by atoms with Crippen LogP contribution in [0, 0.1) is 29.6 Å². The molecule has 0 heterocycles. The molecule has 60 valence electrons. The maximum atomic E-state index is 13.8. The first kappa shape index (κ1) is 5.55. The van der Waals surface area contributed by atoms with Crippen molar-refractivity contribution in [3.63, 3.8) is 0 Å². The van der Waals surface area contributed by atoms with Crippen molar-refractivity contribution < 1.29 is 4.39 Å². The van der Waals surface area contributed by atoms with Crippen molar-refractivity contribution in [2.24, 2.45) is 29.6 Å². The topological polar surface area (TPSA) is 0 Å². The molecule has 4 rings (SSSR count). The Hall–Kier alpha value is -0.0700. The van der Waals surface area contributed by atoms with Gasteiger partial charge in [-0.25, -0.2) is 4.39 Å². The normalized spacial score (nSPS) is 75.5. The molecule has 6 atom stereocenters. The molecule has 0 amide bonds. The van der Waals surface area contributed by atoms with E-state index in [1.807, 2.05) is 0 Å². The van der Waals surface area contributed by atoms with Crippen LogP contribution in [-0.4, -0.2) is 5.67 Å². The fourth-order valence-electron chi connectivity index (χ4n) is 4.50. The summed E-state index contributed by atoms with van der Waals surface area (Å²) in [6, 6.07) is 0. The van der Waals surface area contributed by atoms with Crippen molar-refractivity contribution in [1.82, 2.24) is 0 Å². The van der Waals surface area contributed by atoms with Gasteiger partial charge in [0.1, 0.15) is 5.67 Å². The molecule has 6 unspecified atom stereocenters. The van der Waals surface area contributed by atoms with E-state index in [0.29, 0.717) is 11.8 Å². The Morgan fingerprint density at radius 2 is 1.91 bits per heavy atom. The molecule has 1 heteroatoms. The number of rotatable bonds is 0. The van der Waals surface area contributed by atoms with Gasteiger partial charge in [0.15, 0.2) is 0 Å². The highest BCUT2D eigenvalue weighted by atomic mass is 19.1. The number of alkyl halides is 1. The third-order valence-electron chi connectivity index (χ3n) is 5.23. The van der Waals surface area contributed by atoms with E-state index >= 15 is 0 Å². The molecule has 4 fully saturated rings. The minimum absolute atomic E-state index is 0.536. The molecule has 0 N–H and O–H groups in total. The number of fused-ring (bicyclic) bond motifs is 7. The second kappa shape index (κ2) is 1.27. The summed E-state index contributed by atoms with van der Waals surface area (Å²) in [6.45, 7) is 0. The fraction of sp³-hybridized carbons (Fsp3) is 1.00. The first-order valence-electron chi connectivity index (χ1n) is 5.01. The van der Waals surface area contributed by atoms with Crippen molar-refractivity contribution in [1.29, 1.82) is 0 Å². The van der Waals surface area contributed by atoms with Gasteiger partial charge >= 0.3 is 0 Å². The molecular formula is C10H13F. The average Bonchev–Trinajstić information content (AvgIpc) is 1.94. The van der Waals surface area contributed by atoms with Crippen LogP contribution < -0.4 is 0 Å². The van der Waals surface area contributed by atoms with Crippen LogP contribution >= 0.6 is 0 Å². The van der Waals surface area contributed by atoms with Crippen LogP contribution in [0.1, 0.15) is 25.7 Å². The predicted octanol–water partition coefficient (Wildman–Crippen LogP) is 2.39. The Kier molecular flexibility index (Phi) is 0.643. The van der Waals surface area contributed by atoms with Crippen molar-refractivity contribution >= 4 is 0 Å². The molecule has 0 aromatic carbocycles. The van der Waals surface area contributed by atoms with E-state index < -0.39 is 5.67 Å². The molecule has 4 saturated carbocycles. The molecule has 0 bridgehead atoms. The molecule has 4 aliphatic carbocycles. The molecule has 0 aromatic heterocycles. The summed E-state index contributed by atoms with van der Waals surface area (Å²) in [7, 11) is 0. The SMILES string of the molecule is FC12CCC1C1C3CCC3C12. The number of hydrogen-bond donors (Lipinski definition) is 0. The van der Waals surface area contributed by atoms with Gasteiger partial charge in [0.25, 0.3) is 0 Å². The van der Waals surface area contributed by atoms with Gasteiger partial charge in [-0.2, -0.15) is 0 Å². The molecule has 4 aliphatic rings. The highest BCUT2D eigenvalue weighted by Gasteiger charge is 2.79. The van der Waals surface area contributed by atoms with Gasteiger partial charge in [-0.3, -0.25) is 0 Å². The number of hydrogen-bond acceptors (Lipinski definition) is 0. The molecule has 0 saturated heterocycles. The van der Waals surface area contributed by atoms with Gasteiger partial charge in [-0.1, -0.05) is 0 Å². The lowest BCUT2D eigenvalue weighted by Crippen LogP contribution is -2.79. The summed E-state index contributed by atoms with van der Waals surface area (Å²) in [5.74, 6) is 3.80. The lowest BCUT2D eigenvalue weighted by Gasteiger charge is -2.79. The summed E-state index contributed by atoms with van der Waals surface area (Å²) in [6.07, 6.45) is 4.89. The molecule has 0 spiro atoms. The van der Waals surface area contributed by atoms with E-state index in [1.54, 1.807) is 0 Å². The summed E-state index contributed by atoms with van der Waals surface area (Å²) >= 11 is 0. The lowest BCUT2D eigenvalue weighted by atomic mass is 9.27. The smallest absolute Gasteiger partial charge is 0.117 e. The molecule has 0 aromatic rings. The van der Waals surface area contributed by atoms with E-state index in [0.717, 1.165) is 24.2 Å². The molecule has 0 radical (unpaired) electrons. The van der Waals surface area contributed by atoms with E-state index in [1.165, 1.54) is 19.3 Å². The van der Waals surface area contributed by atoms with Crippen LogP contribution in [-0.2, 0) is 0 Å². The van der Waals surface area contributed by atoms with Crippen LogP contribution in [0.5, 0.6) is 0 Å². The van der Waals surface area contributed by atoms with E-state index in [-0.39, 0.29) is 0 Å². The van der Waals surface area contributed by atoms with Crippen molar-refractivity contribution in [2.45, 2.75) is 31.4 Å². The van der Waals surface area contributed by atoms with Gasteiger partial charge in [-0.15, -0.1) is 0 Å². The largest absolute Gasteiger partial charge is 0.243 e. The van der Waals surface area contributed by atoms with Crippen molar-refractivity contribution in [3.05, 3.63) is 0 Å². The summed E-state index contributed by atoms with van der Waals surface area (Å²) in [5.41, 5.74) is -0.619. The van der Waals surface area contributed by atoms with Gasteiger partial charge in [0.05, 0.1) is 0 Å². The van der Waals surface area contributed by atoms with Crippen LogP contribution in [0.2, 0.25) is 0 Å². The van der Waals surface area contributed by atoms with Gasteiger partial charge < -0.3 is 0 Å². The molecule has 0 nitrogen and oxygen atoms in total. The zero-order chi connectivity index (χ0) is 7.22. The molecule has 11 heavy (non-hydrogen) atoms. The first-order chi connectivity index (χ1) is 5.32. The highest BCUT2D eigenvalue weighted by Crippen LogP contribution is 2.79. The Labute approximate surface area is 66.2 Å². The van der Waals surface area contributed by atoms with Gasteiger partial charge in [0.2, 0.25) is 0 Å². The second-order valence-electron chi connectivity index (χ2n) is 5.08. The highest BCUT2D eigenvalue weighted by molar-refractivity contribution is 5.27. The number of halogens is 1. The van der Waals surface area contributed by atoms with Gasteiger partial charge in [-0.05, 0) is 55.3 Å². The minimum Gasteiger partial charge on any atom is -0.243 e. The van der Waals surface area contributed by atoms with E-state index in [2.05, 4.69) is 0 Å². The van der Waals surface area contributed by atoms with E-state index in [4.69, 9.17) is 0 Å². The predicted molar refractivity (Wildman–Crippen MR) is 39.8 cm³/mol. The summed E-state index contributed by atoms with van der Waals surface area (Å²) in [4.78, 5) is 0. The van der Waals surface area contributed by atoms with Crippen LogP contribution in [0.15, 0.2) is 0 Å². The maximum absolute atomic E-state index is 13.8. The second-order valence-corrected chi connectivity index (χ2v) is 5.08. The average molecular weight is 152 g/mol. The Morgan fingerprint density at radius 1 is 1.09 bits per heavy atom. The minimum atomic E-state index is -0.619. The lowest BCUT2D eigenvalue weighted by molar-refractivity contribution is -0.344. The zero-order valence-electron chi connectivity index (χ0n) is 6.59. The van der Waals surface area contributed by atoms with Gasteiger partial charge in [0, 0.05) is 0 Å². The summed E-state index contributed by atoms with van der Waals surface area (Å²) in [5, 5.41) is 0.